The minimum absolute atomic E-state index is 0.896. The summed E-state index contributed by atoms with van der Waals surface area (Å²) in [5.41, 5.74) is 1.34. The van der Waals surface area contributed by atoms with Crippen LogP contribution in [0, 0.1) is 0 Å². The van der Waals surface area contributed by atoms with Gasteiger partial charge in [0.2, 0.25) is 0 Å². The third-order valence-electron chi connectivity index (χ3n) is 2.28. The molecule has 0 atom stereocenters. The van der Waals surface area contributed by atoms with E-state index in [1.807, 2.05) is 18.2 Å². The average molecular weight is 277 g/mol. The van der Waals surface area contributed by atoms with Gasteiger partial charge >= 0.3 is 0 Å². The lowest BCUT2D eigenvalue weighted by Crippen LogP contribution is -2.05. The second-order valence-corrected chi connectivity index (χ2v) is 4.44. The molecule has 1 aromatic carbocycles. The van der Waals surface area contributed by atoms with Gasteiger partial charge in [0.1, 0.15) is 5.82 Å². The maximum Gasteiger partial charge on any atom is 0.127 e. The molecular formula is C13H13BrN2. The van der Waals surface area contributed by atoms with Gasteiger partial charge in [-0.1, -0.05) is 46.3 Å². The highest BCUT2D eigenvalue weighted by atomic mass is 79.9. The van der Waals surface area contributed by atoms with E-state index in [0.717, 1.165) is 23.3 Å². The first-order chi connectivity index (χ1) is 7.84. The van der Waals surface area contributed by atoms with Gasteiger partial charge in [-0.3, -0.25) is 0 Å². The van der Waals surface area contributed by atoms with Gasteiger partial charge in [-0.2, -0.15) is 0 Å². The molecule has 0 amide bonds. The van der Waals surface area contributed by atoms with E-state index in [1.165, 1.54) is 5.56 Å². The summed E-state index contributed by atoms with van der Waals surface area (Å²) < 4.78 is 1.05. The van der Waals surface area contributed by atoms with Crippen molar-refractivity contribution in [2.45, 2.75) is 6.42 Å². The zero-order valence-corrected chi connectivity index (χ0v) is 10.4. The normalized spacial score (nSPS) is 10.1. The van der Waals surface area contributed by atoms with E-state index in [9.17, 15) is 0 Å². The maximum absolute atomic E-state index is 4.23. The Bertz CT molecular complexity index is 443. The number of nitrogens with zero attached hydrogens (tertiary/aromatic N) is 1. The molecule has 0 radical (unpaired) electrons. The number of halogens is 1. The molecule has 2 aromatic rings. The van der Waals surface area contributed by atoms with Crippen LogP contribution < -0.4 is 5.32 Å². The molecule has 0 fully saturated rings. The Morgan fingerprint density at radius 1 is 1.12 bits per heavy atom. The molecule has 1 heterocycles. The first-order valence-corrected chi connectivity index (χ1v) is 6.03. The van der Waals surface area contributed by atoms with E-state index >= 15 is 0 Å². The van der Waals surface area contributed by atoms with Crippen LogP contribution in [0.25, 0.3) is 0 Å². The van der Waals surface area contributed by atoms with Crippen LogP contribution in [0.1, 0.15) is 5.56 Å². The quantitative estimate of drug-likeness (QED) is 0.925. The molecule has 1 aromatic heterocycles. The van der Waals surface area contributed by atoms with Gasteiger partial charge in [0, 0.05) is 17.2 Å². The number of benzene rings is 1. The van der Waals surface area contributed by atoms with Crippen molar-refractivity contribution in [1.82, 2.24) is 4.98 Å². The molecule has 0 saturated carbocycles. The van der Waals surface area contributed by atoms with Gasteiger partial charge < -0.3 is 5.32 Å². The number of anilines is 1. The van der Waals surface area contributed by atoms with Gasteiger partial charge in [0.25, 0.3) is 0 Å². The summed E-state index contributed by atoms with van der Waals surface area (Å²) >= 11 is 3.42. The highest BCUT2D eigenvalue weighted by Gasteiger charge is 1.95. The Morgan fingerprint density at radius 2 is 1.94 bits per heavy atom. The zero-order valence-electron chi connectivity index (χ0n) is 8.86. The zero-order chi connectivity index (χ0) is 11.2. The molecule has 0 unspecified atom stereocenters. The Labute approximate surface area is 104 Å². The standard InChI is InChI=1S/C13H13BrN2/c14-12-7-9-16-13(10-12)15-8-6-11-4-2-1-3-5-11/h1-5,7,9-10H,6,8H2,(H,15,16). The number of aromatic nitrogens is 1. The predicted octanol–water partition coefficient (Wildman–Crippen LogP) is 3.50. The number of pyridine rings is 1. The lowest BCUT2D eigenvalue weighted by molar-refractivity contribution is 1.01. The fourth-order valence-corrected chi connectivity index (χ4v) is 1.82. The molecule has 16 heavy (non-hydrogen) atoms. The number of hydrogen-bond acceptors (Lipinski definition) is 2. The fourth-order valence-electron chi connectivity index (χ4n) is 1.48. The van der Waals surface area contributed by atoms with Crippen LogP contribution in [0.4, 0.5) is 5.82 Å². The van der Waals surface area contributed by atoms with Crippen LogP contribution in [-0.4, -0.2) is 11.5 Å². The average Bonchev–Trinajstić information content (AvgIpc) is 2.30. The first kappa shape index (κ1) is 11.1. The molecule has 0 spiro atoms. The highest BCUT2D eigenvalue weighted by Crippen LogP contribution is 2.12. The number of rotatable bonds is 4. The van der Waals surface area contributed by atoms with Crippen molar-refractivity contribution >= 4 is 21.7 Å². The number of nitrogens with one attached hydrogen (secondary N) is 1. The molecule has 0 aliphatic rings. The van der Waals surface area contributed by atoms with E-state index in [1.54, 1.807) is 6.20 Å². The van der Waals surface area contributed by atoms with Gasteiger partial charge in [0.05, 0.1) is 0 Å². The van der Waals surface area contributed by atoms with Gasteiger partial charge in [-0.05, 0) is 24.1 Å². The molecule has 1 N–H and O–H groups in total. The summed E-state index contributed by atoms with van der Waals surface area (Å²) in [6.45, 7) is 0.896. The molecule has 82 valence electrons. The fraction of sp³-hybridized carbons (Fsp3) is 0.154. The molecule has 0 aliphatic heterocycles. The SMILES string of the molecule is Brc1ccnc(NCCc2ccccc2)c1. The van der Waals surface area contributed by atoms with E-state index in [2.05, 4.69) is 50.5 Å². The molecule has 0 saturated heterocycles. The van der Waals surface area contributed by atoms with E-state index in [0.29, 0.717) is 0 Å². The van der Waals surface area contributed by atoms with Crippen LogP contribution in [0.3, 0.4) is 0 Å². The van der Waals surface area contributed by atoms with E-state index < -0.39 is 0 Å². The third kappa shape index (κ3) is 3.35. The Balaban J connectivity index is 1.85. The van der Waals surface area contributed by atoms with Crippen LogP contribution in [-0.2, 0) is 6.42 Å². The first-order valence-electron chi connectivity index (χ1n) is 5.24. The predicted molar refractivity (Wildman–Crippen MR) is 70.6 cm³/mol. The largest absolute Gasteiger partial charge is 0.370 e. The Morgan fingerprint density at radius 3 is 2.69 bits per heavy atom. The van der Waals surface area contributed by atoms with Crippen LogP contribution >= 0.6 is 15.9 Å². The summed E-state index contributed by atoms with van der Waals surface area (Å²) in [5, 5.41) is 3.29. The summed E-state index contributed by atoms with van der Waals surface area (Å²) in [4.78, 5) is 4.23. The molecule has 0 bridgehead atoms. The van der Waals surface area contributed by atoms with Gasteiger partial charge in [-0.25, -0.2) is 4.98 Å². The molecular weight excluding hydrogens is 264 g/mol. The summed E-state index contributed by atoms with van der Waals surface area (Å²) in [5.74, 6) is 0.908. The van der Waals surface area contributed by atoms with Crippen LogP contribution in [0.2, 0.25) is 0 Å². The third-order valence-corrected chi connectivity index (χ3v) is 2.78. The summed E-state index contributed by atoms with van der Waals surface area (Å²) in [6.07, 6.45) is 2.80. The highest BCUT2D eigenvalue weighted by molar-refractivity contribution is 9.10. The van der Waals surface area contributed by atoms with Crippen molar-refractivity contribution in [2.75, 3.05) is 11.9 Å². The van der Waals surface area contributed by atoms with Crippen molar-refractivity contribution in [2.24, 2.45) is 0 Å². The molecule has 2 rings (SSSR count). The van der Waals surface area contributed by atoms with Crippen molar-refractivity contribution in [3.05, 3.63) is 58.7 Å². The Kier molecular flexibility index (Phi) is 3.94. The topological polar surface area (TPSA) is 24.9 Å². The van der Waals surface area contributed by atoms with Gasteiger partial charge in [-0.15, -0.1) is 0 Å². The lowest BCUT2D eigenvalue weighted by atomic mass is 10.1. The van der Waals surface area contributed by atoms with Crippen molar-refractivity contribution in [3.63, 3.8) is 0 Å². The summed E-state index contributed by atoms with van der Waals surface area (Å²) in [7, 11) is 0. The maximum atomic E-state index is 4.23. The minimum atomic E-state index is 0.896. The summed E-state index contributed by atoms with van der Waals surface area (Å²) in [6, 6.07) is 14.3. The van der Waals surface area contributed by atoms with Crippen molar-refractivity contribution in [1.29, 1.82) is 0 Å². The second-order valence-electron chi connectivity index (χ2n) is 3.52. The van der Waals surface area contributed by atoms with Gasteiger partial charge in [0.15, 0.2) is 0 Å². The molecule has 0 aliphatic carbocycles. The lowest BCUT2D eigenvalue weighted by Gasteiger charge is -2.05. The smallest absolute Gasteiger partial charge is 0.127 e. The molecule has 2 nitrogen and oxygen atoms in total. The Hall–Kier alpha value is -1.35. The monoisotopic (exact) mass is 276 g/mol. The van der Waals surface area contributed by atoms with E-state index in [-0.39, 0.29) is 0 Å². The second kappa shape index (κ2) is 5.66. The van der Waals surface area contributed by atoms with Crippen LogP contribution in [0.5, 0.6) is 0 Å². The van der Waals surface area contributed by atoms with Crippen LogP contribution in [0.15, 0.2) is 53.1 Å². The van der Waals surface area contributed by atoms with E-state index in [4.69, 9.17) is 0 Å². The molecule has 3 heteroatoms. The van der Waals surface area contributed by atoms with Crippen molar-refractivity contribution in [3.8, 4) is 0 Å². The minimum Gasteiger partial charge on any atom is -0.370 e. The number of hydrogen-bond donors (Lipinski definition) is 1. The van der Waals surface area contributed by atoms with Crippen molar-refractivity contribution < 1.29 is 0 Å².